The summed E-state index contributed by atoms with van der Waals surface area (Å²) >= 11 is 0. The van der Waals surface area contributed by atoms with Crippen LogP contribution in [0.15, 0.2) is 36.5 Å². The quantitative estimate of drug-likeness (QED) is 0.409. The molecule has 0 spiro atoms. The third-order valence-electron chi connectivity index (χ3n) is 1.74. The third kappa shape index (κ3) is 3.45. The van der Waals surface area contributed by atoms with Gasteiger partial charge in [-0.1, -0.05) is 30.9 Å². The van der Waals surface area contributed by atoms with Crippen LogP contribution in [-0.2, 0) is 0 Å². The number of carbonyl (C=O) groups excluding carboxylic acids is 1. The summed E-state index contributed by atoms with van der Waals surface area (Å²) in [4.78, 5) is 10.7. The van der Waals surface area contributed by atoms with Gasteiger partial charge >= 0.3 is 6.03 Å². The van der Waals surface area contributed by atoms with Crippen molar-refractivity contribution in [1.29, 1.82) is 0 Å². The molecule has 4 nitrogen and oxygen atoms in total. The molecular weight excluding hydrogens is 180 g/mol. The summed E-state index contributed by atoms with van der Waals surface area (Å²) in [6.07, 6.45) is 6.87. The second-order valence-corrected chi connectivity index (χ2v) is 2.76. The van der Waals surface area contributed by atoms with Gasteiger partial charge in [-0.15, -0.1) is 0 Å². The Balaban J connectivity index is 4.76. The van der Waals surface area contributed by atoms with E-state index in [9.17, 15) is 10.0 Å². The minimum atomic E-state index is -0.878. The van der Waals surface area contributed by atoms with Crippen molar-refractivity contribution in [2.45, 2.75) is 19.9 Å². The van der Waals surface area contributed by atoms with E-state index in [1.807, 2.05) is 6.92 Å². The van der Waals surface area contributed by atoms with Gasteiger partial charge in [-0.3, -0.25) is 5.21 Å². The Bertz CT molecular complexity index is 269. The lowest BCUT2D eigenvalue weighted by Gasteiger charge is -2.21. The van der Waals surface area contributed by atoms with Crippen LogP contribution < -0.4 is 5.73 Å². The van der Waals surface area contributed by atoms with Gasteiger partial charge in [0, 0.05) is 0 Å². The van der Waals surface area contributed by atoms with Gasteiger partial charge in [-0.2, -0.15) is 5.06 Å². The Morgan fingerprint density at radius 2 is 2.21 bits per heavy atom. The molecule has 2 amide bonds. The molecule has 1 unspecified atom stereocenters. The van der Waals surface area contributed by atoms with Gasteiger partial charge in [-0.25, -0.2) is 4.79 Å². The van der Waals surface area contributed by atoms with E-state index in [1.165, 1.54) is 0 Å². The van der Waals surface area contributed by atoms with Crippen molar-refractivity contribution in [3.05, 3.63) is 36.5 Å². The van der Waals surface area contributed by atoms with Gasteiger partial charge in [0.25, 0.3) is 0 Å². The number of carbonyl (C=O) groups is 1. The first-order valence-electron chi connectivity index (χ1n) is 4.27. The summed E-state index contributed by atoms with van der Waals surface area (Å²) in [6.45, 7) is 7.05. The highest BCUT2D eigenvalue weighted by atomic mass is 16.5. The van der Waals surface area contributed by atoms with Crippen LogP contribution in [0.5, 0.6) is 0 Å². The zero-order valence-electron chi connectivity index (χ0n) is 8.47. The summed E-state index contributed by atoms with van der Waals surface area (Å²) in [6, 6.07) is -1.36. The predicted octanol–water partition coefficient (Wildman–Crippen LogP) is 1.83. The van der Waals surface area contributed by atoms with E-state index in [4.69, 9.17) is 5.73 Å². The fraction of sp³-hybridized carbons (Fsp3) is 0.300. The van der Waals surface area contributed by atoms with Gasteiger partial charge in [0.2, 0.25) is 0 Å². The SMILES string of the molecule is C=C/C=C(\C=C/C)C(C)N(O)C(N)=O. The molecule has 0 radical (unpaired) electrons. The molecule has 0 aromatic heterocycles. The number of nitrogens with zero attached hydrogens (tertiary/aromatic N) is 1. The number of amides is 2. The van der Waals surface area contributed by atoms with Crippen LogP contribution in [0.3, 0.4) is 0 Å². The van der Waals surface area contributed by atoms with Crippen LogP contribution in [0.1, 0.15) is 13.8 Å². The molecular formula is C10H16N2O2. The highest BCUT2D eigenvalue weighted by Gasteiger charge is 2.16. The van der Waals surface area contributed by atoms with Crippen molar-refractivity contribution in [1.82, 2.24) is 5.06 Å². The second-order valence-electron chi connectivity index (χ2n) is 2.76. The number of hydrogen-bond acceptors (Lipinski definition) is 2. The molecule has 0 fully saturated rings. The molecule has 0 saturated carbocycles. The summed E-state index contributed by atoms with van der Waals surface area (Å²) in [5, 5.41) is 9.75. The summed E-state index contributed by atoms with van der Waals surface area (Å²) in [5.41, 5.74) is 5.68. The highest BCUT2D eigenvalue weighted by Crippen LogP contribution is 2.10. The number of hydrogen-bond donors (Lipinski definition) is 2. The molecule has 0 aliphatic heterocycles. The maximum absolute atomic E-state index is 10.7. The minimum Gasteiger partial charge on any atom is -0.350 e. The first-order chi connectivity index (χ1) is 6.54. The maximum atomic E-state index is 10.7. The number of urea groups is 1. The smallest absolute Gasteiger partial charge is 0.339 e. The first kappa shape index (κ1) is 12.4. The van der Waals surface area contributed by atoms with Crippen molar-refractivity contribution >= 4 is 6.03 Å². The molecule has 78 valence electrons. The minimum absolute atomic E-state index is 0.481. The lowest BCUT2D eigenvalue weighted by Crippen LogP contribution is -2.40. The fourth-order valence-electron chi connectivity index (χ4n) is 0.995. The van der Waals surface area contributed by atoms with Gasteiger partial charge < -0.3 is 5.73 Å². The molecule has 3 N–H and O–H groups in total. The number of rotatable bonds is 4. The molecule has 1 atom stereocenters. The molecule has 0 rings (SSSR count). The van der Waals surface area contributed by atoms with Gasteiger partial charge in [0.15, 0.2) is 0 Å². The summed E-state index contributed by atoms with van der Waals surface area (Å²) < 4.78 is 0. The Hall–Kier alpha value is -1.55. The fourth-order valence-corrected chi connectivity index (χ4v) is 0.995. The molecule has 0 heterocycles. The normalized spacial score (nSPS) is 14.1. The predicted molar refractivity (Wildman–Crippen MR) is 55.8 cm³/mol. The summed E-state index contributed by atoms with van der Waals surface area (Å²) in [7, 11) is 0. The van der Waals surface area contributed by atoms with E-state index in [1.54, 1.807) is 31.2 Å². The second kappa shape index (κ2) is 5.99. The van der Waals surface area contributed by atoms with Crippen molar-refractivity contribution < 1.29 is 10.0 Å². The van der Waals surface area contributed by atoms with Gasteiger partial charge in [0.1, 0.15) is 0 Å². The standard InChI is InChI=1S/C10H16N2O2/c1-4-6-9(7-5-2)8(3)12(14)10(11)13/h4-8,14H,1H2,2-3H3,(H2,11,13)/b7-5-,9-6+. The van der Waals surface area contributed by atoms with Crippen LogP contribution in [0.25, 0.3) is 0 Å². The molecule has 0 bridgehead atoms. The molecule has 0 aliphatic carbocycles. The van der Waals surface area contributed by atoms with Crippen molar-refractivity contribution in [2.24, 2.45) is 5.73 Å². The Morgan fingerprint density at radius 3 is 2.57 bits per heavy atom. The van der Waals surface area contributed by atoms with E-state index in [2.05, 4.69) is 6.58 Å². The van der Waals surface area contributed by atoms with Crippen molar-refractivity contribution in [2.75, 3.05) is 0 Å². The highest BCUT2D eigenvalue weighted by molar-refractivity contribution is 5.71. The summed E-state index contributed by atoms with van der Waals surface area (Å²) in [5.74, 6) is 0. The number of nitrogens with two attached hydrogens (primary N) is 1. The van der Waals surface area contributed by atoms with Crippen LogP contribution in [0.4, 0.5) is 4.79 Å². The zero-order valence-corrected chi connectivity index (χ0v) is 8.47. The van der Waals surface area contributed by atoms with Gasteiger partial charge in [-0.05, 0) is 19.4 Å². The van der Waals surface area contributed by atoms with E-state index in [0.717, 1.165) is 5.57 Å². The number of hydroxylamine groups is 2. The van der Waals surface area contributed by atoms with Crippen LogP contribution in [0.2, 0.25) is 0 Å². The molecule has 14 heavy (non-hydrogen) atoms. The number of primary amides is 1. The van der Waals surface area contributed by atoms with Gasteiger partial charge in [0.05, 0.1) is 6.04 Å². The van der Waals surface area contributed by atoms with Crippen molar-refractivity contribution in [3.63, 3.8) is 0 Å². The average molecular weight is 196 g/mol. The number of allylic oxidation sites excluding steroid dienone is 3. The third-order valence-corrected chi connectivity index (χ3v) is 1.74. The van der Waals surface area contributed by atoms with E-state index >= 15 is 0 Å². The molecule has 0 aromatic rings. The monoisotopic (exact) mass is 196 g/mol. The lowest BCUT2D eigenvalue weighted by molar-refractivity contribution is -0.0583. The largest absolute Gasteiger partial charge is 0.350 e. The van der Waals surface area contributed by atoms with Crippen LogP contribution in [0, 0.1) is 0 Å². The topological polar surface area (TPSA) is 66.6 Å². The molecule has 0 aliphatic rings. The van der Waals surface area contributed by atoms with Crippen molar-refractivity contribution in [3.8, 4) is 0 Å². The maximum Gasteiger partial charge on any atom is 0.339 e. The van der Waals surface area contributed by atoms with Crippen LogP contribution >= 0.6 is 0 Å². The Kier molecular flexibility index (Phi) is 5.33. The zero-order chi connectivity index (χ0) is 11.1. The first-order valence-corrected chi connectivity index (χ1v) is 4.27. The van der Waals surface area contributed by atoms with Crippen LogP contribution in [-0.4, -0.2) is 22.3 Å². The average Bonchev–Trinajstić information content (AvgIpc) is 2.15. The molecule has 0 aromatic carbocycles. The molecule has 4 heteroatoms. The van der Waals surface area contributed by atoms with E-state index in [0.29, 0.717) is 5.06 Å². The van der Waals surface area contributed by atoms with E-state index < -0.39 is 12.1 Å². The lowest BCUT2D eigenvalue weighted by atomic mass is 10.1. The Labute approximate surface area is 84.0 Å². The van der Waals surface area contributed by atoms with E-state index in [-0.39, 0.29) is 0 Å². The molecule has 0 saturated heterocycles. The Morgan fingerprint density at radius 1 is 1.64 bits per heavy atom.